The first-order valence-electron chi connectivity index (χ1n) is 5.02. The minimum Gasteiger partial charge on any atom is -0.394 e. The summed E-state index contributed by atoms with van der Waals surface area (Å²) in [5, 5.41) is 11.1. The molecule has 0 fully saturated rings. The molecule has 6 heteroatoms. The maximum atomic E-state index is 11.4. The zero-order valence-electron chi connectivity index (χ0n) is 9.18. The van der Waals surface area contributed by atoms with Crippen LogP contribution >= 0.6 is 12.2 Å². The molecule has 1 aromatic carbocycles. The monoisotopic (exact) mass is 254 g/mol. The summed E-state index contributed by atoms with van der Waals surface area (Å²) in [5.74, 6) is -0.293. The Hall–Kier alpha value is -1.50. The van der Waals surface area contributed by atoms with Crippen LogP contribution in [0.1, 0.15) is 5.56 Å². The topological polar surface area (TPSA) is 84.6 Å². The molecule has 92 valence electrons. The summed E-state index contributed by atoms with van der Waals surface area (Å²) in [6, 6.07) is 6.93. The molecule has 0 bridgehead atoms. The van der Waals surface area contributed by atoms with Crippen molar-refractivity contribution in [1.29, 1.82) is 0 Å². The Bertz CT molecular complexity index is 409. The number of benzene rings is 1. The van der Waals surface area contributed by atoms with Crippen LogP contribution in [0.15, 0.2) is 24.3 Å². The van der Waals surface area contributed by atoms with E-state index < -0.39 is 0 Å². The van der Waals surface area contributed by atoms with Crippen molar-refractivity contribution >= 4 is 28.8 Å². The molecule has 1 amide bonds. The Labute approximate surface area is 105 Å². The largest absolute Gasteiger partial charge is 0.394 e. The van der Waals surface area contributed by atoms with Crippen molar-refractivity contribution in [3.8, 4) is 0 Å². The van der Waals surface area contributed by atoms with E-state index in [0.29, 0.717) is 11.3 Å². The van der Waals surface area contributed by atoms with Gasteiger partial charge in [0.15, 0.2) is 0 Å². The molecule has 0 aromatic heterocycles. The standard InChI is InChI=1S/C11H14N2O3S/c12-11(17)8-2-1-3-9(6-8)13-10(15)7-16-5-4-14/h1-3,6,14H,4-5,7H2,(H2,12,17)(H,13,15). The lowest BCUT2D eigenvalue weighted by Gasteiger charge is -2.07. The van der Waals surface area contributed by atoms with Crippen LogP contribution in [0.5, 0.6) is 0 Å². The van der Waals surface area contributed by atoms with Gasteiger partial charge in [0.1, 0.15) is 11.6 Å². The van der Waals surface area contributed by atoms with Crippen LogP contribution in [0.4, 0.5) is 5.69 Å². The van der Waals surface area contributed by atoms with E-state index in [4.69, 9.17) is 27.8 Å². The average Bonchev–Trinajstić information content (AvgIpc) is 2.29. The van der Waals surface area contributed by atoms with Gasteiger partial charge in [0.05, 0.1) is 13.2 Å². The molecule has 5 nitrogen and oxygen atoms in total. The third-order valence-corrected chi connectivity index (χ3v) is 2.14. The van der Waals surface area contributed by atoms with E-state index in [9.17, 15) is 4.79 Å². The van der Waals surface area contributed by atoms with Crippen molar-refractivity contribution in [1.82, 2.24) is 0 Å². The lowest BCUT2D eigenvalue weighted by atomic mass is 10.2. The normalized spacial score (nSPS) is 9.94. The third-order valence-electron chi connectivity index (χ3n) is 1.90. The number of anilines is 1. The van der Waals surface area contributed by atoms with Gasteiger partial charge in [-0.05, 0) is 12.1 Å². The molecule has 0 unspecified atom stereocenters. The van der Waals surface area contributed by atoms with Crippen LogP contribution in [0.2, 0.25) is 0 Å². The smallest absolute Gasteiger partial charge is 0.250 e. The number of ether oxygens (including phenoxy) is 1. The summed E-state index contributed by atoms with van der Waals surface area (Å²) in [7, 11) is 0. The quantitative estimate of drug-likeness (QED) is 0.501. The molecule has 0 aliphatic heterocycles. The van der Waals surface area contributed by atoms with E-state index in [-0.39, 0.29) is 30.7 Å². The number of carbonyl (C=O) groups excluding carboxylic acids is 1. The van der Waals surface area contributed by atoms with Crippen molar-refractivity contribution < 1.29 is 14.6 Å². The fourth-order valence-electron chi connectivity index (χ4n) is 1.18. The zero-order valence-corrected chi connectivity index (χ0v) is 10.00. The molecular formula is C11H14N2O3S. The third kappa shape index (κ3) is 4.90. The Balaban J connectivity index is 2.53. The number of rotatable bonds is 6. The molecule has 1 rings (SSSR count). The predicted molar refractivity (Wildman–Crippen MR) is 68.9 cm³/mol. The van der Waals surface area contributed by atoms with Gasteiger partial charge in [0.2, 0.25) is 5.91 Å². The Kier molecular flexibility index (Phi) is 5.55. The van der Waals surface area contributed by atoms with Gasteiger partial charge in [-0.25, -0.2) is 0 Å². The van der Waals surface area contributed by atoms with Gasteiger partial charge in [0.25, 0.3) is 0 Å². The van der Waals surface area contributed by atoms with E-state index in [2.05, 4.69) is 5.32 Å². The molecule has 4 N–H and O–H groups in total. The van der Waals surface area contributed by atoms with Crippen molar-refractivity contribution in [2.45, 2.75) is 0 Å². The van der Waals surface area contributed by atoms with Gasteiger partial charge >= 0.3 is 0 Å². The van der Waals surface area contributed by atoms with Gasteiger partial charge < -0.3 is 20.9 Å². The molecule has 17 heavy (non-hydrogen) atoms. The molecule has 0 heterocycles. The minimum atomic E-state index is -0.293. The Morgan fingerprint density at radius 1 is 1.53 bits per heavy atom. The van der Waals surface area contributed by atoms with Crippen LogP contribution in [0.25, 0.3) is 0 Å². The lowest BCUT2D eigenvalue weighted by molar-refractivity contribution is -0.120. The number of carbonyl (C=O) groups is 1. The van der Waals surface area contributed by atoms with Crippen LogP contribution in [-0.2, 0) is 9.53 Å². The summed E-state index contributed by atoms with van der Waals surface area (Å²) in [4.78, 5) is 11.7. The van der Waals surface area contributed by atoms with Crippen molar-refractivity contribution in [2.24, 2.45) is 5.73 Å². The number of aliphatic hydroxyl groups is 1. The first kappa shape index (κ1) is 13.6. The number of amides is 1. The highest BCUT2D eigenvalue weighted by atomic mass is 32.1. The number of thiocarbonyl (C=S) groups is 1. The van der Waals surface area contributed by atoms with Crippen molar-refractivity contribution in [2.75, 3.05) is 25.1 Å². The van der Waals surface area contributed by atoms with Crippen LogP contribution in [0, 0.1) is 0 Å². The van der Waals surface area contributed by atoms with Crippen LogP contribution in [-0.4, -0.2) is 35.8 Å². The summed E-state index contributed by atoms with van der Waals surface area (Å²) in [6.45, 7) is -0.0670. The van der Waals surface area contributed by atoms with Crippen molar-refractivity contribution in [3.05, 3.63) is 29.8 Å². The zero-order chi connectivity index (χ0) is 12.7. The molecule has 0 aliphatic carbocycles. The number of hydrogen-bond acceptors (Lipinski definition) is 4. The van der Waals surface area contributed by atoms with E-state index in [1.165, 1.54) is 0 Å². The average molecular weight is 254 g/mol. The summed E-state index contributed by atoms with van der Waals surface area (Å²) >= 11 is 4.83. The second-order valence-electron chi connectivity index (χ2n) is 3.27. The lowest BCUT2D eigenvalue weighted by Crippen LogP contribution is -2.19. The number of nitrogens with one attached hydrogen (secondary N) is 1. The summed E-state index contributed by atoms with van der Waals surface area (Å²) < 4.78 is 4.88. The Morgan fingerprint density at radius 3 is 2.94 bits per heavy atom. The van der Waals surface area contributed by atoms with E-state index in [0.717, 1.165) is 0 Å². The highest BCUT2D eigenvalue weighted by Crippen LogP contribution is 2.10. The number of hydrogen-bond donors (Lipinski definition) is 3. The fourth-order valence-corrected chi connectivity index (χ4v) is 1.30. The molecule has 0 aliphatic rings. The minimum absolute atomic E-state index is 0.0993. The van der Waals surface area contributed by atoms with Gasteiger partial charge in [0, 0.05) is 11.3 Å². The van der Waals surface area contributed by atoms with E-state index in [1.807, 2.05) is 0 Å². The molecular weight excluding hydrogens is 240 g/mol. The van der Waals surface area contributed by atoms with Gasteiger partial charge in [-0.1, -0.05) is 24.4 Å². The molecule has 0 saturated carbocycles. The van der Waals surface area contributed by atoms with E-state index in [1.54, 1.807) is 24.3 Å². The molecule has 0 radical (unpaired) electrons. The summed E-state index contributed by atoms with van der Waals surface area (Å²) in [6.07, 6.45) is 0. The van der Waals surface area contributed by atoms with Gasteiger partial charge in [-0.3, -0.25) is 4.79 Å². The number of aliphatic hydroxyl groups excluding tert-OH is 1. The van der Waals surface area contributed by atoms with Gasteiger partial charge in [-0.15, -0.1) is 0 Å². The molecule has 0 atom stereocenters. The predicted octanol–water partition coefficient (Wildman–Crippen LogP) is 0.268. The van der Waals surface area contributed by atoms with E-state index >= 15 is 0 Å². The molecule has 0 spiro atoms. The Morgan fingerprint density at radius 2 is 2.29 bits per heavy atom. The first-order chi connectivity index (χ1) is 8.13. The molecule has 0 saturated heterocycles. The highest BCUT2D eigenvalue weighted by molar-refractivity contribution is 7.80. The second kappa shape index (κ2) is 6.95. The second-order valence-corrected chi connectivity index (χ2v) is 3.71. The first-order valence-corrected chi connectivity index (χ1v) is 5.42. The molecule has 1 aromatic rings. The summed E-state index contributed by atoms with van der Waals surface area (Å²) in [5.41, 5.74) is 6.77. The number of nitrogens with two attached hydrogens (primary N) is 1. The maximum Gasteiger partial charge on any atom is 0.250 e. The van der Waals surface area contributed by atoms with Crippen LogP contribution in [0.3, 0.4) is 0 Å². The van der Waals surface area contributed by atoms with Gasteiger partial charge in [-0.2, -0.15) is 0 Å². The maximum absolute atomic E-state index is 11.4. The fraction of sp³-hybridized carbons (Fsp3) is 0.273. The van der Waals surface area contributed by atoms with Crippen LogP contribution < -0.4 is 11.1 Å². The highest BCUT2D eigenvalue weighted by Gasteiger charge is 2.03. The van der Waals surface area contributed by atoms with Crippen molar-refractivity contribution in [3.63, 3.8) is 0 Å². The SMILES string of the molecule is NC(=S)c1cccc(NC(=O)COCCO)c1.